The second-order valence-electron chi connectivity index (χ2n) is 1.84. The van der Waals surface area contributed by atoms with Crippen molar-refractivity contribution in [2.45, 2.75) is 19.0 Å². The van der Waals surface area contributed by atoms with Gasteiger partial charge in [0.25, 0.3) is 0 Å². The second-order valence-corrected chi connectivity index (χ2v) is 2.15. The van der Waals surface area contributed by atoms with Crippen LogP contribution in [0.5, 0.6) is 0 Å². The Labute approximate surface area is 63.1 Å². The maximum absolute atomic E-state index is 10.6. The van der Waals surface area contributed by atoms with E-state index in [4.69, 9.17) is 16.0 Å². The molecule has 0 spiro atoms. The summed E-state index contributed by atoms with van der Waals surface area (Å²) in [7, 11) is 0. The van der Waals surface area contributed by atoms with Gasteiger partial charge in [0.1, 0.15) is 0 Å². The summed E-state index contributed by atoms with van der Waals surface area (Å²) >= 11 is -0.0576. The average molecular weight is 166 g/mol. The van der Waals surface area contributed by atoms with Crippen molar-refractivity contribution in [1.29, 1.82) is 0 Å². The van der Waals surface area contributed by atoms with Gasteiger partial charge in [-0.25, -0.2) is 4.79 Å². The Bertz CT molecular complexity index is 128. The fourth-order valence-electron chi connectivity index (χ4n) is 0.256. The van der Waals surface area contributed by atoms with E-state index in [0.717, 1.165) is 0 Å². The van der Waals surface area contributed by atoms with Crippen LogP contribution in [0.4, 0.5) is 0 Å². The first-order valence-electron chi connectivity index (χ1n) is 2.65. The molecule has 0 fully saturated rings. The highest BCUT2D eigenvalue weighted by atomic mass is 32.2. The molecule has 0 aromatic rings. The molecule has 0 bridgehead atoms. The molecule has 0 aliphatic heterocycles. The maximum atomic E-state index is 10.6. The van der Waals surface area contributed by atoms with Crippen LogP contribution in [0.25, 0.3) is 0 Å². The molecule has 0 radical (unpaired) electrons. The van der Waals surface area contributed by atoms with Crippen LogP contribution < -0.4 is 11.5 Å². The molecule has 0 unspecified atom stereocenters. The molecule has 10 heavy (non-hydrogen) atoms. The van der Waals surface area contributed by atoms with Gasteiger partial charge >= 0.3 is 5.97 Å². The summed E-state index contributed by atoms with van der Waals surface area (Å²) in [5.41, 5.74) is 8.96. The van der Waals surface area contributed by atoms with Gasteiger partial charge in [0.15, 0.2) is 5.66 Å². The minimum absolute atomic E-state index is 0.0576. The van der Waals surface area contributed by atoms with Gasteiger partial charge in [0, 0.05) is 0 Å². The van der Waals surface area contributed by atoms with Crippen molar-refractivity contribution in [3.05, 3.63) is 0 Å². The van der Waals surface area contributed by atoms with Gasteiger partial charge < -0.3 is 15.7 Å². The third-order valence-electron chi connectivity index (χ3n) is 1.08. The molecular formula is C4H10N2O3S. The lowest BCUT2D eigenvalue weighted by Gasteiger charge is -2.17. The molecule has 0 aliphatic rings. The fourth-order valence-corrected chi connectivity index (χ4v) is 0.479. The largest absolute Gasteiger partial charge is 0.361 e. The van der Waals surface area contributed by atoms with Crippen molar-refractivity contribution in [1.82, 2.24) is 0 Å². The molecule has 0 saturated heterocycles. The molecule has 6 heteroatoms. The van der Waals surface area contributed by atoms with Gasteiger partial charge in [-0.2, -0.15) is 0 Å². The first-order chi connectivity index (χ1) is 4.54. The van der Waals surface area contributed by atoms with E-state index in [1.807, 2.05) is 0 Å². The highest BCUT2D eigenvalue weighted by Crippen LogP contribution is 2.05. The summed E-state index contributed by atoms with van der Waals surface area (Å²) < 4.78 is 12.1. The van der Waals surface area contributed by atoms with E-state index in [1.165, 1.54) is 0 Å². The summed E-state index contributed by atoms with van der Waals surface area (Å²) in [5, 5.41) is 0. The van der Waals surface area contributed by atoms with E-state index in [-0.39, 0.29) is 18.7 Å². The van der Waals surface area contributed by atoms with Crippen LogP contribution >= 0.6 is 12.3 Å². The summed E-state index contributed by atoms with van der Waals surface area (Å²) in [6, 6.07) is 0. The standard InChI is InChI=1S/C4H10N2O3S/c1-2-4(5,6)3(7)9-10-8/h8H,2,5-6H2,1H3. The summed E-state index contributed by atoms with van der Waals surface area (Å²) in [6.45, 7) is 1.64. The molecule has 0 aromatic carbocycles. The zero-order valence-electron chi connectivity index (χ0n) is 5.53. The van der Waals surface area contributed by atoms with Crippen LogP contribution in [-0.2, 0) is 8.98 Å². The number of hydrogen-bond acceptors (Lipinski definition) is 6. The Hall–Kier alpha value is -0.300. The van der Waals surface area contributed by atoms with Crippen molar-refractivity contribution >= 4 is 18.3 Å². The summed E-state index contributed by atoms with van der Waals surface area (Å²) in [6.07, 6.45) is 0.256. The Morgan fingerprint density at radius 2 is 2.30 bits per heavy atom. The van der Waals surface area contributed by atoms with Crippen LogP contribution in [0.15, 0.2) is 0 Å². The maximum Gasteiger partial charge on any atom is 0.354 e. The number of carbonyl (C=O) groups excluding carboxylic acids is 1. The van der Waals surface area contributed by atoms with Crippen LogP contribution in [0.2, 0.25) is 0 Å². The van der Waals surface area contributed by atoms with Crippen molar-refractivity contribution in [2.75, 3.05) is 0 Å². The third-order valence-corrected chi connectivity index (χ3v) is 1.30. The van der Waals surface area contributed by atoms with Crippen LogP contribution in [0.3, 0.4) is 0 Å². The van der Waals surface area contributed by atoms with E-state index in [1.54, 1.807) is 6.92 Å². The molecule has 0 rings (SSSR count). The minimum atomic E-state index is -1.49. The lowest BCUT2D eigenvalue weighted by Crippen LogP contribution is -2.56. The quantitative estimate of drug-likeness (QED) is 0.392. The predicted molar refractivity (Wildman–Crippen MR) is 37.7 cm³/mol. The van der Waals surface area contributed by atoms with E-state index < -0.39 is 11.6 Å². The monoisotopic (exact) mass is 166 g/mol. The van der Waals surface area contributed by atoms with Gasteiger partial charge in [-0.15, -0.1) is 0 Å². The van der Waals surface area contributed by atoms with E-state index in [0.29, 0.717) is 0 Å². The SMILES string of the molecule is CCC(N)(N)C(=O)OSO. The Kier molecular flexibility index (Phi) is 3.66. The van der Waals surface area contributed by atoms with E-state index >= 15 is 0 Å². The van der Waals surface area contributed by atoms with Gasteiger partial charge in [-0.3, -0.25) is 4.55 Å². The minimum Gasteiger partial charge on any atom is -0.361 e. The molecule has 0 aliphatic carbocycles. The molecular weight excluding hydrogens is 156 g/mol. The molecule has 60 valence electrons. The smallest absolute Gasteiger partial charge is 0.354 e. The Balaban J connectivity index is 3.91. The Morgan fingerprint density at radius 3 is 2.60 bits per heavy atom. The topological polar surface area (TPSA) is 98.6 Å². The van der Waals surface area contributed by atoms with E-state index in [2.05, 4.69) is 4.18 Å². The van der Waals surface area contributed by atoms with Crippen molar-refractivity contribution in [2.24, 2.45) is 11.5 Å². The van der Waals surface area contributed by atoms with Crippen LogP contribution in [-0.4, -0.2) is 16.2 Å². The molecule has 0 saturated carbocycles. The molecule has 0 amide bonds. The van der Waals surface area contributed by atoms with E-state index in [9.17, 15) is 4.79 Å². The molecule has 0 atom stereocenters. The first-order valence-corrected chi connectivity index (χ1v) is 3.34. The highest BCUT2D eigenvalue weighted by molar-refractivity contribution is 7.89. The number of carbonyl (C=O) groups is 1. The summed E-state index contributed by atoms with van der Waals surface area (Å²) in [5.74, 6) is -0.831. The molecule has 5 nitrogen and oxygen atoms in total. The third kappa shape index (κ3) is 2.53. The second kappa shape index (κ2) is 3.77. The highest BCUT2D eigenvalue weighted by Gasteiger charge is 2.28. The van der Waals surface area contributed by atoms with Crippen molar-refractivity contribution in [3.8, 4) is 0 Å². The number of hydrogen-bond donors (Lipinski definition) is 3. The van der Waals surface area contributed by atoms with Gasteiger partial charge in [-0.05, 0) is 6.42 Å². The molecule has 5 N–H and O–H groups in total. The zero-order chi connectivity index (χ0) is 8.20. The van der Waals surface area contributed by atoms with Gasteiger partial charge in [-0.1, -0.05) is 6.92 Å². The van der Waals surface area contributed by atoms with Crippen LogP contribution in [0, 0.1) is 0 Å². The average Bonchev–Trinajstić information content (AvgIpc) is 1.89. The van der Waals surface area contributed by atoms with Crippen molar-refractivity contribution < 1.29 is 13.5 Å². The van der Waals surface area contributed by atoms with Crippen molar-refractivity contribution in [3.63, 3.8) is 0 Å². The normalized spacial score (nSPS) is 11.2. The lowest BCUT2D eigenvalue weighted by atomic mass is 10.1. The zero-order valence-corrected chi connectivity index (χ0v) is 6.35. The fraction of sp³-hybridized carbons (Fsp3) is 0.750. The van der Waals surface area contributed by atoms with Gasteiger partial charge in [0.2, 0.25) is 12.3 Å². The summed E-state index contributed by atoms with van der Waals surface area (Å²) in [4.78, 5) is 10.6. The van der Waals surface area contributed by atoms with Gasteiger partial charge in [0.05, 0.1) is 0 Å². The van der Waals surface area contributed by atoms with Crippen LogP contribution in [0.1, 0.15) is 13.3 Å². The predicted octanol–water partition coefficient (Wildman–Crippen LogP) is -0.326. The first kappa shape index (κ1) is 9.70. The Morgan fingerprint density at radius 1 is 1.80 bits per heavy atom. The number of rotatable bonds is 3. The molecule has 0 aromatic heterocycles. The number of nitrogens with two attached hydrogens (primary N) is 2. The molecule has 0 heterocycles. The lowest BCUT2D eigenvalue weighted by molar-refractivity contribution is -0.139.